The van der Waals surface area contributed by atoms with E-state index < -0.39 is 0 Å². The fraction of sp³-hybridized carbons (Fsp3) is 0.353. The molecular formula is C17H21ClN2O3. The molecule has 0 radical (unpaired) electrons. The molecule has 0 aliphatic carbocycles. The molecular weight excluding hydrogens is 316 g/mol. The van der Waals surface area contributed by atoms with Crippen LogP contribution in [0.25, 0.3) is 0 Å². The first-order valence-electron chi connectivity index (χ1n) is 7.42. The molecule has 1 N–H and O–H groups in total. The molecule has 124 valence electrons. The molecule has 2 aromatic rings. The second-order valence-electron chi connectivity index (χ2n) is 5.22. The van der Waals surface area contributed by atoms with Crippen LogP contribution in [0.2, 0.25) is 5.02 Å². The van der Waals surface area contributed by atoms with E-state index in [1.165, 1.54) is 0 Å². The monoisotopic (exact) mass is 336 g/mol. The van der Waals surface area contributed by atoms with E-state index in [9.17, 15) is 4.79 Å². The lowest BCUT2D eigenvalue weighted by Gasteiger charge is -2.24. The topological polar surface area (TPSA) is 54.7 Å². The molecule has 0 spiro atoms. The number of methoxy groups -OCH3 is 1. The molecule has 1 atom stereocenters. The van der Waals surface area contributed by atoms with Crippen LogP contribution in [-0.2, 0) is 11.3 Å². The van der Waals surface area contributed by atoms with Crippen LogP contribution in [0.5, 0.6) is 0 Å². The number of hydrogen-bond donors (Lipinski definition) is 1. The van der Waals surface area contributed by atoms with E-state index in [4.69, 9.17) is 20.8 Å². The number of amides is 2. The molecule has 5 nitrogen and oxygen atoms in total. The normalized spacial score (nSPS) is 12.0. The summed E-state index contributed by atoms with van der Waals surface area (Å²) in [7, 11) is 1.61. The number of halogens is 1. The van der Waals surface area contributed by atoms with Gasteiger partial charge in [0.05, 0.1) is 25.5 Å². The van der Waals surface area contributed by atoms with Gasteiger partial charge in [0.2, 0.25) is 0 Å². The lowest BCUT2D eigenvalue weighted by atomic mass is 10.1. The van der Waals surface area contributed by atoms with Gasteiger partial charge in [-0.15, -0.1) is 0 Å². The first-order chi connectivity index (χ1) is 11.1. The molecule has 0 aliphatic rings. The first kappa shape index (κ1) is 17.4. The minimum atomic E-state index is -0.166. The predicted octanol–water partition coefficient (Wildman–Crippen LogP) is 3.85. The molecule has 1 unspecified atom stereocenters. The Morgan fingerprint density at radius 1 is 1.35 bits per heavy atom. The standard InChI is InChI=1S/C17H21ClN2O3/c1-13(14-5-7-15(18)8-6-14)19-17(21)20(9-11-22-2)12-16-4-3-10-23-16/h3-8,10,13H,9,11-12H2,1-2H3,(H,19,21). The summed E-state index contributed by atoms with van der Waals surface area (Å²) in [5.41, 5.74) is 0.993. The fourth-order valence-electron chi connectivity index (χ4n) is 2.16. The van der Waals surface area contributed by atoms with Crippen molar-refractivity contribution in [1.82, 2.24) is 10.2 Å². The van der Waals surface area contributed by atoms with Crippen LogP contribution < -0.4 is 5.32 Å². The van der Waals surface area contributed by atoms with Crippen LogP contribution in [0.3, 0.4) is 0 Å². The predicted molar refractivity (Wildman–Crippen MR) is 89.4 cm³/mol. The second-order valence-corrected chi connectivity index (χ2v) is 5.65. The van der Waals surface area contributed by atoms with Gasteiger partial charge < -0.3 is 19.4 Å². The SMILES string of the molecule is COCCN(Cc1ccco1)C(=O)NC(C)c1ccc(Cl)cc1. The third-order valence-corrected chi connectivity index (χ3v) is 3.74. The van der Waals surface area contributed by atoms with Gasteiger partial charge in [-0.05, 0) is 36.8 Å². The number of benzene rings is 1. The zero-order valence-electron chi connectivity index (χ0n) is 13.3. The molecule has 2 amide bonds. The van der Waals surface area contributed by atoms with Gasteiger partial charge >= 0.3 is 6.03 Å². The van der Waals surface area contributed by atoms with Crippen LogP contribution in [0.4, 0.5) is 4.79 Å². The van der Waals surface area contributed by atoms with E-state index in [1.54, 1.807) is 24.3 Å². The first-order valence-corrected chi connectivity index (χ1v) is 7.80. The van der Waals surface area contributed by atoms with Gasteiger partial charge in [-0.3, -0.25) is 0 Å². The number of urea groups is 1. The Hall–Kier alpha value is -1.98. The highest BCUT2D eigenvalue weighted by Gasteiger charge is 2.17. The van der Waals surface area contributed by atoms with Crippen molar-refractivity contribution in [2.24, 2.45) is 0 Å². The molecule has 0 saturated heterocycles. The summed E-state index contributed by atoms with van der Waals surface area (Å²) in [5, 5.41) is 3.66. The number of carbonyl (C=O) groups is 1. The number of rotatable bonds is 7. The lowest BCUT2D eigenvalue weighted by molar-refractivity contribution is 0.141. The van der Waals surface area contributed by atoms with Gasteiger partial charge in [-0.25, -0.2) is 4.79 Å². The molecule has 6 heteroatoms. The lowest BCUT2D eigenvalue weighted by Crippen LogP contribution is -2.42. The Morgan fingerprint density at radius 3 is 2.70 bits per heavy atom. The minimum Gasteiger partial charge on any atom is -0.467 e. The van der Waals surface area contributed by atoms with Crippen molar-refractivity contribution in [2.75, 3.05) is 20.3 Å². The summed E-state index contributed by atoms with van der Waals surface area (Å²) in [5.74, 6) is 0.732. The van der Waals surface area contributed by atoms with Crippen LogP contribution in [-0.4, -0.2) is 31.2 Å². The van der Waals surface area contributed by atoms with Crippen LogP contribution in [0, 0.1) is 0 Å². The highest BCUT2D eigenvalue weighted by Crippen LogP contribution is 2.16. The van der Waals surface area contributed by atoms with Crippen LogP contribution in [0.15, 0.2) is 47.1 Å². The Morgan fingerprint density at radius 2 is 2.09 bits per heavy atom. The molecule has 1 aromatic heterocycles. The number of nitrogens with one attached hydrogen (secondary N) is 1. The maximum absolute atomic E-state index is 12.5. The van der Waals surface area contributed by atoms with Crippen molar-refractivity contribution in [3.63, 3.8) is 0 Å². The maximum Gasteiger partial charge on any atom is 0.318 e. The van der Waals surface area contributed by atoms with E-state index in [1.807, 2.05) is 37.3 Å². The van der Waals surface area contributed by atoms with E-state index in [-0.39, 0.29) is 12.1 Å². The van der Waals surface area contributed by atoms with Crippen molar-refractivity contribution < 1.29 is 13.9 Å². The van der Waals surface area contributed by atoms with Gasteiger partial charge in [0.25, 0.3) is 0 Å². The van der Waals surface area contributed by atoms with Gasteiger partial charge in [0.15, 0.2) is 0 Å². The van der Waals surface area contributed by atoms with Crippen molar-refractivity contribution in [1.29, 1.82) is 0 Å². The van der Waals surface area contributed by atoms with Crippen LogP contribution in [0.1, 0.15) is 24.3 Å². The molecule has 2 rings (SSSR count). The maximum atomic E-state index is 12.5. The highest BCUT2D eigenvalue weighted by molar-refractivity contribution is 6.30. The summed E-state index contributed by atoms with van der Waals surface area (Å²) in [6, 6.07) is 10.8. The summed E-state index contributed by atoms with van der Waals surface area (Å²) in [6.45, 7) is 3.28. The smallest absolute Gasteiger partial charge is 0.318 e. The zero-order valence-corrected chi connectivity index (χ0v) is 14.0. The quantitative estimate of drug-likeness (QED) is 0.835. The van der Waals surface area contributed by atoms with Crippen molar-refractivity contribution in [3.8, 4) is 0 Å². The Balaban J connectivity index is 1.99. The van der Waals surface area contributed by atoms with Gasteiger partial charge in [0, 0.05) is 18.7 Å². The largest absolute Gasteiger partial charge is 0.467 e. The number of hydrogen-bond acceptors (Lipinski definition) is 3. The summed E-state index contributed by atoms with van der Waals surface area (Å²) < 4.78 is 10.4. The number of nitrogens with zero attached hydrogens (tertiary/aromatic N) is 1. The minimum absolute atomic E-state index is 0.124. The van der Waals surface area contributed by atoms with E-state index in [2.05, 4.69) is 5.32 Å². The average Bonchev–Trinajstić information content (AvgIpc) is 3.05. The summed E-state index contributed by atoms with van der Waals surface area (Å²) >= 11 is 5.89. The Kier molecular flexibility index (Phi) is 6.50. The van der Waals surface area contributed by atoms with E-state index >= 15 is 0 Å². The molecule has 0 fully saturated rings. The number of ether oxygens (including phenoxy) is 1. The molecule has 1 heterocycles. The summed E-state index contributed by atoms with van der Waals surface area (Å²) in [6.07, 6.45) is 1.60. The molecule has 0 bridgehead atoms. The van der Waals surface area contributed by atoms with E-state index in [0.29, 0.717) is 24.7 Å². The van der Waals surface area contributed by atoms with Crippen molar-refractivity contribution in [2.45, 2.75) is 19.5 Å². The molecule has 0 aliphatic heterocycles. The zero-order chi connectivity index (χ0) is 16.7. The molecule has 0 saturated carbocycles. The van der Waals surface area contributed by atoms with E-state index in [0.717, 1.165) is 11.3 Å². The third-order valence-electron chi connectivity index (χ3n) is 3.49. The van der Waals surface area contributed by atoms with Crippen molar-refractivity contribution >= 4 is 17.6 Å². The van der Waals surface area contributed by atoms with Crippen LogP contribution >= 0.6 is 11.6 Å². The number of carbonyl (C=O) groups excluding carboxylic acids is 1. The number of furan rings is 1. The van der Waals surface area contributed by atoms with Gasteiger partial charge in [-0.2, -0.15) is 0 Å². The Labute approximate surface area is 141 Å². The molecule has 1 aromatic carbocycles. The van der Waals surface area contributed by atoms with Crippen molar-refractivity contribution in [3.05, 3.63) is 59.0 Å². The van der Waals surface area contributed by atoms with Gasteiger partial charge in [0.1, 0.15) is 5.76 Å². The third kappa shape index (κ3) is 5.30. The molecule has 23 heavy (non-hydrogen) atoms. The Bertz CT molecular complexity index is 599. The average molecular weight is 337 g/mol. The second kappa shape index (κ2) is 8.60. The summed E-state index contributed by atoms with van der Waals surface area (Å²) in [4.78, 5) is 14.2. The van der Waals surface area contributed by atoms with Gasteiger partial charge in [-0.1, -0.05) is 23.7 Å². The highest BCUT2D eigenvalue weighted by atomic mass is 35.5. The fourth-order valence-corrected chi connectivity index (χ4v) is 2.28.